The highest BCUT2D eigenvalue weighted by Crippen LogP contribution is 2.46. The molecule has 0 aliphatic carbocycles. The molecule has 0 saturated heterocycles. The molecule has 46 heavy (non-hydrogen) atoms. The molecule has 2 heteroatoms. The highest BCUT2D eigenvalue weighted by molar-refractivity contribution is 6.21. The minimum Gasteiger partial charge on any atom is -0.321 e. The van der Waals surface area contributed by atoms with Crippen molar-refractivity contribution >= 4 is 21.5 Å². The van der Waals surface area contributed by atoms with E-state index >= 15 is 0 Å². The third kappa shape index (κ3) is 6.27. The molecule has 0 atom stereocenters. The zero-order chi connectivity index (χ0) is 33.2. The van der Waals surface area contributed by atoms with Crippen molar-refractivity contribution in [2.45, 2.75) is 82.3 Å². The maximum Gasteiger partial charge on any atom is 0.105 e. The normalized spacial score (nSPS) is 12.4. The van der Waals surface area contributed by atoms with Gasteiger partial charge in [-0.1, -0.05) is 77.9 Å². The average molecular weight is 615 g/mol. The molecule has 0 amide bonds. The molecule has 0 radical (unpaired) electrons. The van der Waals surface area contributed by atoms with Crippen LogP contribution in [0.3, 0.4) is 0 Å². The number of rotatable bonds is 12. The fourth-order valence-electron chi connectivity index (χ4n) is 7.78. The Labute approximate surface area is 279 Å². The summed E-state index contributed by atoms with van der Waals surface area (Å²) in [6.45, 7) is 32.3. The average Bonchev–Trinajstić information content (AvgIpc) is 3.07. The van der Waals surface area contributed by atoms with Crippen molar-refractivity contribution in [1.29, 1.82) is 0 Å². The molecule has 242 valence electrons. The fourth-order valence-corrected chi connectivity index (χ4v) is 7.78. The monoisotopic (exact) mass is 614 g/mol. The zero-order valence-electron chi connectivity index (χ0n) is 30.5. The van der Waals surface area contributed by atoms with Crippen molar-refractivity contribution in [1.82, 2.24) is 0 Å². The Balaban J connectivity index is 1.90. The van der Waals surface area contributed by atoms with Gasteiger partial charge in [0.2, 0.25) is 0 Å². The minimum atomic E-state index is 1.08. The number of quaternary nitrogens is 2. The molecule has 5 aromatic rings. The lowest BCUT2D eigenvalue weighted by molar-refractivity contribution is -0.939. The molecule has 0 unspecified atom stereocenters. The summed E-state index contributed by atoms with van der Waals surface area (Å²) in [5, 5.41) is 5.38. The van der Waals surface area contributed by atoms with Crippen molar-refractivity contribution in [2.75, 3.05) is 39.3 Å². The van der Waals surface area contributed by atoms with E-state index in [1.54, 1.807) is 0 Å². The molecular formula is C44H58N2+2. The van der Waals surface area contributed by atoms with Gasteiger partial charge in [-0.25, -0.2) is 0 Å². The Bertz CT molecular complexity index is 1840. The van der Waals surface area contributed by atoms with Crippen LogP contribution in [-0.4, -0.2) is 48.2 Å². The molecule has 5 rings (SSSR count). The SMILES string of the molecule is CC[N+](CC)(CC)Cc1ccc(-c2c(-c3ccc(C)c(C)c3)c3cc(C)ccc3c3ccc(C)cc23)cc1C[N+](CC)(CC)CC. The Hall–Kier alpha value is -3.46. The fraction of sp³-hybridized carbons (Fsp3) is 0.409. The lowest BCUT2D eigenvalue weighted by Crippen LogP contribution is -2.48. The number of benzene rings is 5. The minimum absolute atomic E-state index is 1.08. The maximum absolute atomic E-state index is 2.60. The summed E-state index contributed by atoms with van der Waals surface area (Å²) >= 11 is 0. The van der Waals surface area contributed by atoms with Crippen molar-refractivity contribution in [2.24, 2.45) is 0 Å². The topological polar surface area (TPSA) is 0 Å². The first-order valence-electron chi connectivity index (χ1n) is 17.9. The molecule has 2 nitrogen and oxygen atoms in total. The van der Waals surface area contributed by atoms with Crippen LogP contribution in [0.15, 0.2) is 72.8 Å². The van der Waals surface area contributed by atoms with Gasteiger partial charge in [0, 0.05) is 11.1 Å². The van der Waals surface area contributed by atoms with E-state index in [-0.39, 0.29) is 0 Å². The summed E-state index contributed by atoms with van der Waals surface area (Å²) in [7, 11) is 0. The first-order valence-corrected chi connectivity index (χ1v) is 17.9. The van der Waals surface area contributed by atoms with Gasteiger partial charge in [-0.3, -0.25) is 0 Å². The molecule has 0 spiro atoms. The zero-order valence-corrected chi connectivity index (χ0v) is 30.5. The van der Waals surface area contributed by atoms with Gasteiger partial charge < -0.3 is 8.97 Å². The van der Waals surface area contributed by atoms with Crippen LogP contribution >= 0.6 is 0 Å². The van der Waals surface area contributed by atoms with Crippen LogP contribution in [-0.2, 0) is 13.1 Å². The second kappa shape index (κ2) is 13.7. The van der Waals surface area contributed by atoms with Gasteiger partial charge in [-0.05, 0) is 130 Å². The van der Waals surface area contributed by atoms with Gasteiger partial charge in [0.1, 0.15) is 13.1 Å². The van der Waals surface area contributed by atoms with E-state index < -0.39 is 0 Å². The van der Waals surface area contributed by atoms with Crippen LogP contribution in [0.25, 0.3) is 43.8 Å². The first kappa shape index (κ1) is 33.9. The summed E-state index contributed by atoms with van der Waals surface area (Å²) < 4.78 is 2.24. The first-order chi connectivity index (χ1) is 22.1. The molecule has 0 bridgehead atoms. The van der Waals surface area contributed by atoms with Crippen molar-refractivity contribution < 1.29 is 8.97 Å². The number of aryl methyl sites for hydroxylation is 4. The summed E-state index contributed by atoms with van der Waals surface area (Å²) in [5.74, 6) is 0. The molecule has 0 heterocycles. The molecule has 0 aliphatic heterocycles. The number of fused-ring (bicyclic) bond motifs is 3. The van der Waals surface area contributed by atoms with Crippen LogP contribution in [0.2, 0.25) is 0 Å². The quantitative estimate of drug-likeness (QED) is 0.0969. The standard InChI is InChI=1S/C44H58N2/c1-11-45(12-2,13-3)29-37-22-21-36(28-38(37)30-46(14-4,15-5)16-6)44-42-26-32(8)18-24-40(42)39-23-17-31(7)25-41(39)43(44)35-20-19-33(9)34(10)27-35/h17-28H,11-16,29-30H2,1-10H3/q+2. The largest absolute Gasteiger partial charge is 0.321 e. The molecule has 0 aliphatic rings. The van der Waals surface area contributed by atoms with E-state index in [4.69, 9.17) is 0 Å². The van der Waals surface area contributed by atoms with Gasteiger partial charge >= 0.3 is 0 Å². The lowest BCUT2D eigenvalue weighted by atomic mass is 9.83. The molecule has 0 fully saturated rings. The predicted molar refractivity (Wildman–Crippen MR) is 202 cm³/mol. The Kier molecular flexibility index (Phi) is 10.1. The Morgan fingerprint density at radius 3 is 1.28 bits per heavy atom. The maximum atomic E-state index is 2.60. The highest BCUT2D eigenvalue weighted by Gasteiger charge is 2.28. The second-order valence-corrected chi connectivity index (χ2v) is 14.0. The van der Waals surface area contributed by atoms with E-state index in [2.05, 4.69) is 142 Å². The predicted octanol–water partition coefficient (Wildman–Crippen LogP) is 11.3. The Morgan fingerprint density at radius 2 is 0.826 bits per heavy atom. The third-order valence-corrected chi connectivity index (χ3v) is 11.8. The highest BCUT2D eigenvalue weighted by atomic mass is 15.4. The number of hydrogen-bond donors (Lipinski definition) is 0. The van der Waals surface area contributed by atoms with Crippen LogP contribution in [0.5, 0.6) is 0 Å². The number of hydrogen-bond acceptors (Lipinski definition) is 0. The van der Waals surface area contributed by atoms with E-state index in [0.717, 1.165) is 61.3 Å². The van der Waals surface area contributed by atoms with E-state index in [9.17, 15) is 0 Å². The van der Waals surface area contributed by atoms with Crippen molar-refractivity contribution in [3.63, 3.8) is 0 Å². The Morgan fingerprint density at radius 1 is 0.391 bits per heavy atom. The van der Waals surface area contributed by atoms with Gasteiger partial charge in [-0.2, -0.15) is 0 Å². The van der Waals surface area contributed by atoms with Crippen LogP contribution < -0.4 is 0 Å². The van der Waals surface area contributed by atoms with Crippen molar-refractivity contribution in [3.05, 3.63) is 106 Å². The molecule has 0 N–H and O–H groups in total. The summed E-state index contributed by atoms with van der Waals surface area (Å²) in [5.41, 5.74) is 13.7. The van der Waals surface area contributed by atoms with Gasteiger partial charge in [-0.15, -0.1) is 0 Å². The lowest BCUT2D eigenvalue weighted by Gasteiger charge is -2.39. The van der Waals surface area contributed by atoms with Crippen LogP contribution in [0, 0.1) is 27.7 Å². The smallest absolute Gasteiger partial charge is 0.105 e. The van der Waals surface area contributed by atoms with E-state index in [1.165, 1.54) is 77.2 Å². The summed E-state index contributed by atoms with van der Waals surface area (Å²) in [6.07, 6.45) is 0. The third-order valence-electron chi connectivity index (χ3n) is 11.8. The van der Waals surface area contributed by atoms with Crippen LogP contribution in [0.1, 0.15) is 74.9 Å². The summed E-state index contributed by atoms with van der Waals surface area (Å²) in [4.78, 5) is 0. The van der Waals surface area contributed by atoms with Gasteiger partial charge in [0.15, 0.2) is 0 Å². The van der Waals surface area contributed by atoms with Crippen LogP contribution in [0.4, 0.5) is 0 Å². The molecular weight excluding hydrogens is 556 g/mol. The molecule has 5 aromatic carbocycles. The number of nitrogens with zero attached hydrogens (tertiary/aromatic N) is 2. The van der Waals surface area contributed by atoms with Gasteiger partial charge in [0.05, 0.1) is 39.3 Å². The molecule has 0 saturated carbocycles. The van der Waals surface area contributed by atoms with E-state index in [0.29, 0.717) is 0 Å². The van der Waals surface area contributed by atoms with E-state index in [1.807, 2.05) is 0 Å². The summed E-state index contributed by atoms with van der Waals surface area (Å²) in [6, 6.07) is 28.7. The molecule has 0 aromatic heterocycles. The second-order valence-electron chi connectivity index (χ2n) is 14.0. The van der Waals surface area contributed by atoms with Crippen molar-refractivity contribution in [3.8, 4) is 22.3 Å². The van der Waals surface area contributed by atoms with Gasteiger partial charge in [0.25, 0.3) is 0 Å².